The number of esters is 1. The Labute approximate surface area is 179 Å². The molecule has 1 aliphatic rings. The largest absolute Gasteiger partial charge is 0.486 e. The first-order valence-electron chi connectivity index (χ1n) is 9.74. The van der Waals surface area contributed by atoms with Gasteiger partial charge in [-0.05, 0) is 51.1 Å². The fourth-order valence-corrected chi connectivity index (χ4v) is 4.31. The van der Waals surface area contributed by atoms with E-state index in [1.807, 2.05) is 61.7 Å². The zero-order valence-electron chi connectivity index (χ0n) is 17.1. The molecule has 6 nitrogen and oxygen atoms in total. The molecule has 0 radical (unpaired) electrons. The van der Waals surface area contributed by atoms with Gasteiger partial charge in [-0.3, -0.25) is 4.79 Å². The minimum absolute atomic E-state index is 0.160. The molecule has 0 unspecified atom stereocenters. The Hall–Kier alpha value is -3.06. The molecular formula is C23H23NO5S. The summed E-state index contributed by atoms with van der Waals surface area (Å²) in [5.41, 5.74) is 2.32. The quantitative estimate of drug-likeness (QED) is 0.434. The van der Waals surface area contributed by atoms with E-state index in [9.17, 15) is 9.59 Å². The fourth-order valence-electron chi connectivity index (χ4n) is 3.55. The number of hydrogen-bond acceptors (Lipinski definition) is 6. The Balaban J connectivity index is 1.42. The number of para-hydroxylation sites is 2. The number of aromatic nitrogens is 1. The number of fused-ring (bicyclic) bond motifs is 1. The third-order valence-corrected chi connectivity index (χ3v) is 6.08. The number of carbonyl (C=O) groups excluding carboxylic acids is 2. The van der Waals surface area contributed by atoms with Gasteiger partial charge < -0.3 is 18.8 Å². The highest BCUT2D eigenvalue weighted by Crippen LogP contribution is 2.31. The number of aryl methyl sites for hydroxylation is 2. The molecule has 1 aromatic carbocycles. The summed E-state index contributed by atoms with van der Waals surface area (Å²) in [5.74, 6) is 0.778. The van der Waals surface area contributed by atoms with Crippen molar-refractivity contribution < 1.29 is 23.8 Å². The maximum Gasteiger partial charge on any atom is 0.348 e. The lowest BCUT2D eigenvalue weighted by atomic mass is 10.1. The van der Waals surface area contributed by atoms with Crippen molar-refractivity contribution in [1.82, 2.24) is 4.57 Å². The minimum atomic E-state index is -0.471. The van der Waals surface area contributed by atoms with Crippen molar-refractivity contribution in [3.05, 3.63) is 69.2 Å². The predicted molar refractivity (Wildman–Crippen MR) is 114 cm³/mol. The third-order valence-electron chi connectivity index (χ3n) is 5.10. The van der Waals surface area contributed by atoms with Crippen molar-refractivity contribution in [2.24, 2.45) is 0 Å². The summed E-state index contributed by atoms with van der Waals surface area (Å²) in [5, 5.41) is 0. The second-order valence-corrected chi connectivity index (χ2v) is 8.59. The highest BCUT2D eigenvalue weighted by Gasteiger charge is 2.24. The number of ketones is 1. The molecule has 1 atom stereocenters. The molecule has 7 heteroatoms. The fraction of sp³-hybridized carbons (Fsp3) is 0.304. The standard InChI is InChI=1S/C23H23NO5S/c1-14-10-18(19(25)13-28-23(26)22-9-8-15(2)30-22)16(3)24(14)11-17-12-27-20-6-4-5-7-21(20)29-17/h4-10,17H,11-13H2,1-3H3/t17-/m0/s1. The normalized spacial score (nSPS) is 15.1. The zero-order chi connectivity index (χ0) is 21.3. The van der Waals surface area contributed by atoms with Crippen LogP contribution in [-0.4, -0.2) is 35.6 Å². The molecule has 0 bridgehead atoms. The van der Waals surface area contributed by atoms with Crippen molar-refractivity contribution in [2.45, 2.75) is 33.4 Å². The van der Waals surface area contributed by atoms with Crippen LogP contribution in [0.2, 0.25) is 0 Å². The lowest BCUT2D eigenvalue weighted by Crippen LogP contribution is -2.33. The van der Waals surface area contributed by atoms with Gasteiger partial charge in [0.1, 0.15) is 11.5 Å². The number of benzene rings is 1. The molecule has 156 valence electrons. The van der Waals surface area contributed by atoms with Crippen LogP contribution in [-0.2, 0) is 11.3 Å². The van der Waals surface area contributed by atoms with Gasteiger partial charge in [-0.2, -0.15) is 0 Å². The first-order chi connectivity index (χ1) is 14.4. The van der Waals surface area contributed by atoms with E-state index < -0.39 is 5.97 Å². The van der Waals surface area contributed by atoms with Gasteiger partial charge in [0.05, 0.1) is 6.54 Å². The number of hydrogen-bond donors (Lipinski definition) is 0. The minimum Gasteiger partial charge on any atom is -0.486 e. The van der Waals surface area contributed by atoms with E-state index in [1.54, 1.807) is 6.07 Å². The monoisotopic (exact) mass is 425 g/mol. The molecular weight excluding hydrogens is 402 g/mol. The molecule has 4 rings (SSSR count). The maximum absolute atomic E-state index is 12.7. The van der Waals surface area contributed by atoms with E-state index in [4.69, 9.17) is 14.2 Å². The van der Waals surface area contributed by atoms with Crippen LogP contribution in [0.4, 0.5) is 0 Å². The van der Waals surface area contributed by atoms with Crippen LogP contribution in [0, 0.1) is 20.8 Å². The molecule has 0 amide bonds. The van der Waals surface area contributed by atoms with Crippen molar-refractivity contribution >= 4 is 23.1 Å². The van der Waals surface area contributed by atoms with Crippen LogP contribution in [0.25, 0.3) is 0 Å². The number of Topliss-reactive ketones (excluding diaryl/α,β-unsaturated/α-hetero) is 1. The molecule has 0 spiro atoms. The molecule has 0 N–H and O–H groups in total. The number of nitrogens with zero attached hydrogens (tertiary/aromatic N) is 1. The second-order valence-electron chi connectivity index (χ2n) is 7.30. The Morgan fingerprint density at radius 3 is 2.63 bits per heavy atom. The zero-order valence-corrected chi connectivity index (χ0v) is 18.0. The summed E-state index contributed by atoms with van der Waals surface area (Å²) in [6.45, 7) is 6.48. The van der Waals surface area contributed by atoms with Gasteiger partial charge >= 0.3 is 5.97 Å². The van der Waals surface area contributed by atoms with Gasteiger partial charge in [0.15, 0.2) is 24.2 Å². The van der Waals surface area contributed by atoms with E-state index >= 15 is 0 Å². The van der Waals surface area contributed by atoms with E-state index in [0.717, 1.165) is 27.8 Å². The van der Waals surface area contributed by atoms with Gasteiger partial charge in [0.2, 0.25) is 5.78 Å². The Morgan fingerprint density at radius 2 is 1.90 bits per heavy atom. The van der Waals surface area contributed by atoms with Gasteiger partial charge in [-0.25, -0.2) is 4.79 Å². The summed E-state index contributed by atoms with van der Waals surface area (Å²) in [4.78, 5) is 26.3. The predicted octanol–water partition coefficient (Wildman–Crippen LogP) is 4.35. The van der Waals surface area contributed by atoms with E-state index in [0.29, 0.717) is 23.6 Å². The van der Waals surface area contributed by atoms with E-state index in [2.05, 4.69) is 0 Å². The van der Waals surface area contributed by atoms with Crippen LogP contribution in [0.1, 0.15) is 36.3 Å². The number of carbonyl (C=O) groups is 2. The van der Waals surface area contributed by atoms with Crippen LogP contribution >= 0.6 is 11.3 Å². The van der Waals surface area contributed by atoms with Gasteiger partial charge in [0.25, 0.3) is 0 Å². The molecule has 1 aliphatic heterocycles. The topological polar surface area (TPSA) is 66.8 Å². The number of rotatable bonds is 6. The Kier molecular flexibility index (Phi) is 5.63. The van der Waals surface area contributed by atoms with Crippen LogP contribution < -0.4 is 9.47 Å². The summed E-state index contributed by atoms with van der Waals surface area (Å²) < 4.78 is 19.1. The molecule has 0 saturated heterocycles. The van der Waals surface area contributed by atoms with Gasteiger partial charge in [-0.1, -0.05) is 12.1 Å². The van der Waals surface area contributed by atoms with E-state index in [-0.39, 0.29) is 18.5 Å². The van der Waals surface area contributed by atoms with Crippen LogP contribution in [0.15, 0.2) is 42.5 Å². The molecule has 2 aromatic heterocycles. The third kappa shape index (κ3) is 4.11. The lowest BCUT2D eigenvalue weighted by Gasteiger charge is -2.27. The molecule has 0 aliphatic carbocycles. The van der Waals surface area contributed by atoms with Gasteiger partial charge in [-0.15, -0.1) is 11.3 Å². The highest BCUT2D eigenvalue weighted by atomic mass is 32.1. The number of ether oxygens (including phenoxy) is 3. The van der Waals surface area contributed by atoms with Crippen molar-refractivity contribution in [3.63, 3.8) is 0 Å². The molecule has 3 heterocycles. The van der Waals surface area contributed by atoms with Crippen molar-refractivity contribution in [1.29, 1.82) is 0 Å². The number of thiophene rings is 1. The van der Waals surface area contributed by atoms with E-state index in [1.165, 1.54) is 11.3 Å². The summed E-state index contributed by atoms with van der Waals surface area (Å²) >= 11 is 1.35. The first kappa shape index (κ1) is 20.2. The average molecular weight is 426 g/mol. The summed E-state index contributed by atoms with van der Waals surface area (Å²) in [6, 6.07) is 13.0. The highest BCUT2D eigenvalue weighted by molar-refractivity contribution is 7.13. The van der Waals surface area contributed by atoms with Crippen LogP contribution in [0.5, 0.6) is 11.5 Å². The first-order valence-corrected chi connectivity index (χ1v) is 10.6. The summed E-state index contributed by atoms with van der Waals surface area (Å²) in [6.07, 6.45) is -0.160. The average Bonchev–Trinajstić information content (AvgIpc) is 3.30. The van der Waals surface area contributed by atoms with Crippen LogP contribution in [0.3, 0.4) is 0 Å². The molecule has 0 saturated carbocycles. The summed E-state index contributed by atoms with van der Waals surface area (Å²) in [7, 11) is 0. The van der Waals surface area contributed by atoms with Crippen molar-refractivity contribution in [2.75, 3.05) is 13.2 Å². The Morgan fingerprint density at radius 1 is 1.13 bits per heavy atom. The molecule has 3 aromatic rings. The maximum atomic E-state index is 12.7. The smallest absolute Gasteiger partial charge is 0.348 e. The molecule has 0 fully saturated rings. The lowest BCUT2D eigenvalue weighted by molar-refractivity contribution is 0.0479. The second kappa shape index (κ2) is 8.36. The molecule has 30 heavy (non-hydrogen) atoms. The Bertz CT molecular complexity index is 1100. The van der Waals surface area contributed by atoms with Crippen molar-refractivity contribution in [3.8, 4) is 11.5 Å². The van der Waals surface area contributed by atoms with Gasteiger partial charge in [0, 0.05) is 21.8 Å². The SMILES string of the molecule is Cc1ccc(C(=O)OCC(=O)c2cc(C)n(C[C@H]3COc4ccccc4O3)c2C)s1.